The second-order valence-corrected chi connectivity index (χ2v) is 5.11. The zero-order valence-corrected chi connectivity index (χ0v) is 11.6. The molecule has 106 valence electrons. The minimum atomic E-state index is -0.979. The molecule has 1 N–H and O–H groups in total. The van der Waals surface area contributed by atoms with Gasteiger partial charge in [0, 0.05) is 24.7 Å². The summed E-state index contributed by atoms with van der Waals surface area (Å²) in [6.45, 7) is 3.83. The van der Waals surface area contributed by atoms with Crippen molar-refractivity contribution in [1.29, 1.82) is 0 Å². The number of hydrogen-bond acceptors (Lipinski definition) is 2. The van der Waals surface area contributed by atoms with Crippen LogP contribution in [-0.4, -0.2) is 35.0 Å². The van der Waals surface area contributed by atoms with Crippen molar-refractivity contribution < 1.29 is 14.7 Å². The van der Waals surface area contributed by atoms with Crippen LogP contribution in [0.15, 0.2) is 30.3 Å². The minimum absolute atomic E-state index is 0.0646. The van der Waals surface area contributed by atoms with Crippen LogP contribution in [0.3, 0.4) is 0 Å². The lowest BCUT2D eigenvalue weighted by atomic mass is 10.1. The van der Waals surface area contributed by atoms with Gasteiger partial charge in [0.15, 0.2) is 0 Å². The van der Waals surface area contributed by atoms with E-state index in [1.54, 1.807) is 24.3 Å². The maximum atomic E-state index is 12.3. The molecular formula is C16H19NO3. The zero-order valence-electron chi connectivity index (χ0n) is 11.6. The molecule has 2 rings (SSSR count). The van der Waals surface area contributed by atoms with Crippen LogP contribution < -0.4 is 0 Å². The molecule has 4 nitrogen and oxygen atoms in total. The molecule has 0 radical (unpaired) electrons. The van der Waals surface area contributed by atoms with Crippen molar-refractivity contribution in [2.24, 2.45) is 5.92 Å². The molecule has 0 spiro atoms. The number of nitrogens with zero attached hydrogens (tertiary/aromatic N) is 1. The molecule has 1 aliphatic rings. The van der Waals surface area contributed by atoms with Crippen molar-refractivity contribution in [3.63, 3.8) is 0 Å². The highest BCUT2D eigenvalue weighted by Gasteiger charge is 2.25. The van der Waals surface area contributed by atoms with Gasteiger partial charge in [-0.1, -0.05) is 25.5 Å². The third-order valence-electron chi connectivity index (χ3n) is 3.73. The number of hydrogen-bond donors (Lipinski definition) is 1. The number of amides is 1. The molecule has 1 fully saturated rings. The van der Waals surface area contributed by atoms with E-state index < -0.39 is 5.97 Å². The number of carboxylic acids is 1. The van der Waals surface area contributed by atoms with E-state index in [4.69, 9.17) is 5.11 Å². The van der Waals surface area contributed by atoms with Gasteiger partial charge in [0.25, 0.3) is 5.91 Å². The number of carboxylic acid groups (broad SMARTS) is 1. The Morgan fingerprint density at radius 1 is 1.35 bits per heavy atom. The predicted octanol–water partition coefficient (Wildman–Crippen LogP) is 2.66. The summed E-state index contributed by atoms with van der Waals surface area (Å²) in [7, 11) is 0. The van der Waals surface area contributed by atoms with E-state index in [0.29, 0.717) is 11.5 Å². The van der Waals surface area contributed by atoms with Gasteiger partial charge >= 0.3 is 5.97 Å². The van der Waals surface area contributed by atoms with E-state index in [2.05, 4.69) is 6.92 Å². The molecule has 1 unspecified atom stereocenters. The highest BCUT2D eigenvalue weighted by molar-refractivity contribution is 5.94. The third-order valence-corrected chi connectivity index (χ3v) is 3.73. The third kappa shape index (κ3) is 3.47. The lowest BCUT2D eigenvalue weighted by molar-refractivity contribution is -0.131. The van der Waals surface area contributed by atoms with Crippen LogP contribution in [0.4, 0.5) is 0 Å². The molecule has 1 aliphatic heterocycles. The van der Waals surface area contributed by atoms with Gasteiger partial charge in [0.05, 0.1) is 0 Å². The number of benzene rings is 1. The fourth-order valence-electron chi connectivity index (χ4n) is 2.44. The lowest BCUT2D eigenvalue weighted by Crippen LogP contribution is -2.28. The fraction of sp³-hybridized carbons (Fsp3) is 0.375. The predicted molar refractivity (Wildman–Crippen MR) is 77.4 cm³/mol. The second kappa shape index (κ2) is 6.37. The molecule has 1 aromatic carbocycles. The maximum Gasteiger partial charge on any atom is 0.328 e. The Morgan fingerprint density at radius 3 is 2.60 bits per heavy atom. The van der Waals surface area contributed by atoms with Crippen molar-refractivity contribution in [3.05, 3.63) is 41.5 Å². The van der Waals surface area contributed by atoms with Gasteiger partial charge < -0.3 is 10.0 Å². The van der Waals surface area contributed by atoms with Gasteiger partial charge in [0.2, 0.25) is 0 Å². The van der Waals surface area contributed by atoms with Gasteiger partial charge in [0.1, 0.15) is 0 Å². The Labute approximate surface area is 118 Å². The number of likely N-dealkylation sites (tertiary alicyclic amines) is 1. The van der Waals surface area contributed by atoms with Crippen molar-refractivity contribution in [3.8, 4) is 0 Å². The van der Waals surface area contributed by atoms with Crippen molar-refractivity contribution in [2.75, 3.05) is 13.1 Å². The van der Waals surface area contributed by atoms with E-state index in [9.17, 15) is 9.59 Å². The van der Waals surface area contributed by atoms with Gasteiger partial charge in [-0.3, -0.25) is 4.79 Å². The summed E-state index contributed by atoms with van der Waals surface area (Å²) in [6, 6.07) is 7.03. The van der Waals surface area contributed by atoms with Gasteiger partial charge in [-0.05, 0) is 36.1 Å². The topological polar surface area (TPSA) is 57.6 Å². The van der Waals surface area contributed by atoms with E-state index in [1.165, 1.54) is 6.08 Å². The van der Waals surface area contributed by atoms with Crippen LogP contribution in [0.25, 0.3) is 6.08 Å². The lowest BCUT2D eigenvalue weighted by Gasteiger charge is -2.16. The van der Waals surface area contributed by atoms with Crippen LogP contribution in [0, 0.1) is 5.92 Å². The number of carbonyl (C=O) groups excluding carboxylic acids is 1. The summed E-state index contributed by atoms with van der Waals surface area (Å²) < 4.78 is 0. The zero-order chi connectivity index (χ0) is 14.5. The summed E-state index contributed by atoms with van der Waals surface area (Å²) in [5.74, 6) is -0.292. The molecule has 20 heavy (non-hydrogen) atoms. The summed E-state index contributed by atoms with van der Waals surface area (Å²) in [5, 5.41) is 8.56. The molecule has 0 bridgehead atoms. The van der Waals surface area contributed by atoms with Crippen LogP contribution in [0.2, 0.25) is 0 Å². The van der Waals surface area contributed by atoms with E-state index >= 15 is 0 Å². The molecule has 1 aromatic rings. The molecule has 1 atom stereocenters. The largest absolute Gasteiger partial charge is 0.478 e. The van der Waals surface area contributed by atoms with Crippen molar-refractivity contribution >= 4 is 18.0 Å². The highest BCUT2D eigenvalue weighted by atomic mass is 16.4. The molecule has 0 aromatic heterocycles. The molecule has 4 heteroatoms. The Balaban J connectivity index is 2.03. The van der Waals surface area contributed by atoms with E-state index in [-0.39, 0.29) is 5.91 Å². The van der Waals surface area contributed by atoms with Gasteiger partial charge in [-0.15, -0.1) is 0 Å². The summed E-state index contributed by atoms with van der Waals surface area (Å²) in [5.41, 5.74) is 1.44. The Hall–Kier alpha value is -2.10. The standard InChI is InChI=1S/C16H19NO3/c1-2-12-9-10-17(11-12)16(20)14-6-3-13(4-7-14)5-8-15(18)19/h3-8,12H,2,9-11H2,1H3,(H,18,19)/b8-5+. The first-order valence-corrected chi connectivity index (χ1v) is 6.90. The van der Waals surface area contributed by atoms with Crippen molar-refractivity contribution in [2.45, 2.75) is 19.8 Å². The average molecular weight is 273 g/mol. The SMILES string of the molecule is CCC1CCN(C(=O)c2ccc(/C=C/C(=O)O)cc2)C1. The quantitative estimate of drug-likeness (QED) is 0.858. The van der Waals surface area contributed by atoms with E-state index in [1.807, 2.05) is 4.90 Å². The summed E-state index contributed by atoms with van der Waals surface area (Å²) >= 11 is 0. The average Bonchev–Trinajstić information content (AvgIpc) is 2.94. The van der Waals surface area contributed by atoms with Crippen LogP contribution in [-0.2, 0) is 4.79 Å². The Bertz CT molecular complexity index is 519. The highest BCUT2D eigenvalue weighted by Crippen LogP contribution is 2.21. The normalized spacial score (nSPS) is 18.6. The maximum absolute atomic E-state index is 12.3. The molecule has 1 heterocycles. The molecule has 1 amide bonds. The first-order valence-electron chi connectivity index (χ1n) is 6.90. The molecule has 0 aliphatic carbocycles. The van der Waals surface area contributed by atoms with Gasteiger partial charge in [-0.25, -0.2) is 4.79 Å². The molecule has 0 saturated carbocycles. The summed E-state index contributed by atoms with van der Waals surface area (Å²) in [4.78, 5) is 24.6. The molecular weight excluding hydrogens is 254 g/mol. The fourth-order valence-corrected chi connectivity index (χ4v) is 2.44. The van der Waals surface area contributed by atoms with Crippen LogP contribution >= 0.6 is 0 Å². The first kappa shape index (κ1) is 14.3. The molecule has 1 saturated heterocycles. The summed E-state index contributed by atoms with van der Waals surface area (Å²) in [6.07, 6.45) is 4.80. The van der Waals surface area contributed by atoms with Crippen molar-refractivity contribution in [1.82, 2.24) is 4.90 Å². The van der Waals surface area contributed by atoms with Crippen LogP contribution in [0.5, 0.6) is 0 Å². The number of aliphatic carboxylic acids is 1. The Kier molecular flexibility index (Phi) is 4.56. The van der Waals surface area contributed by atoms with Crippen LogP contribution in [0.1, 0.15) is 35.7 Å². The first-order chi connectivity index (χ1) is 9.60. The number of carbonyl (C=O) groups is 2. The number of rotatable bonds is 4. The Morgan fingerprint density at radius 2 is 2.05 bits per heavy atom. The smallest absolute Gasteiger partial charge is 0.328 e. The minimum Gasteiger partial charge on any atom is -0.478 e. The monoisotopic (exact) mass is 273 g/mol. The van der Waals surface area contributed by atoms with Gasteiger partial charge in [-0.2, -0.15) is 0 Å². The second-order valence-electron chi connectivity index (χ2n) is 5.11. The van der Waals surface area contributed by atoms with E-state index in [0.717, 1.165) is 37.6 Å².